The van der Waals surface area contributed by atoms with Crippen LogP contribution in [-0.4, -0.2) is 17.8 Å². The maximum absolute atomic E-state index is 8.51. The summed E-state index contributed by atoms with van der Waals surface area (Å²) in [5.74, 6) is 0.444. The van der Waals surface area contributed by atoms with Gasteiger partial charge in [0.15, 0.2) is 0 Å². The van der Waals surface area contributed by atoms with E-state index in [0.29, 0.717) is 5.92 Å². The van der Waals surface area contributed by atoms with Gasteiger partial charge < -0.3 is 10.8 Å². The van der Waals surface area contributed by atoms with Crippen LogP contribution in [0.4, 0.5) is 0 Å². The molecule has 0 aliphatic rings. The van der Waals surface area contributed by atoms with Gasteiger partial charge in [0.05, 0.1) is 6.61 Å². The molecule has 0 radical (unpaired) electrons. The molecule has 0 rings (SSSR count). The SMILES string of the molecule is CCC(C)[C@@H](N)CO. The molecule has 0 aliphatic carbocycles. The van der Waals surface area contributed by atoms with Crippen LogP contribution in [0.15, 0.2) is 0 Å². The van der Waals surface area contributed by atoms with Gasteiger partial charge in [0.25, 0.3) is 0 Å². The highest BCUT2D eigenvalue weighted by Crippen LogP contribution is 2.03. The van der Waals surface area contributed by atoms with Crippen molar-refractivity contribution in [3.63, 3.8) is 0 Å². The van der Waals surface area contributed by atoms with Crippen LogP contribution in [0.2, 0.25) is 0 Å². The minimum atomic E-state index is -0.0278. The Labute approximate surface area is 50.7 Å². The molecular formula is C6H15NO. The van der Waals surface area contributed by atoms with Gasteiger partial charge in [-0.2, -0.15) is 0 Å². The van der Waals surface area contributed by atoms with Crippen LogP contribution < -0.4 is 5.73 Å². The van der Waals surface area contributed by atoms with E-state index >= 15 is 0 Å². The summed E-state index contributed by atoms with van der Waals surface area (Å²) in [5.41, 5.74) is 5.48. The Hall–Kier alpha value is -0.0800. The number of rotatable bonds is 3. The van der Waals surface area contributed by atoms with Gasteiger partial charge in [-0.05, 0) is 5.92 Å². The van der Waals surface area contributed by atoms with Crippen LogP contribution in [0.5, 0.6) is 0 Å². The van der Waals surface area contributed by atoms with Gasteiger partial charge in [-0.15, -0.1) is 0 Å². The Morgan fingerprint density at radius 3 is 2.25 bits per heavy atom. The summed E-state index contributed by atoms with van der Waals surface area (Å²) in [4.78, 5) is 0. The summed E-state index contributed by atoms with van der Waals surface area (Å²) in [5, 5.41) is 8.51. The van der Waals surface area contributed by atoms with Crippen LogP contribution in [0, 0.1) is 5.92 Å². The van der Waals surface area contributed by atoms with Gasteiger partial charge >= 0.3 is 0 Å². The van der Waals surface area contributed by atoms with Crippen LogP contribution in [0.1, 0.15) is 20.3 Å². The zero-order valence-electron chi connectivity index (χ0n) is 5.59. The van der Waals surface area contributed by atoms with Crippen LogP contribution >= 0.6 is 0 Å². The molecule has 3 N–H and O–H groups in total. The van der Waals surface area contributed by atoms with Gasteiger partial charge in [0.2, 0.25) is 0 Å². The predicted octanol–water partition coefficient (Wildman–Crippen LogP) is 0.352. The number of nitrogens with two attached hydrogens (primary N) is 1. The molecule has 2 nitrogen and oxygen atoms in total. The van der Waals surface area contributed by atoms with Crippen molar-refractivity contribution in [2.75, 3.05) is 6.61 Å². The summed E-state index contributed by atoms with van der Waals surface area (Å²) in [6.45, 7) is 4.22. The maximum Gasteiger partial charge on any atom is 0.0585 e. The third-order valence-electron chi connectivity index (χ3n) is 1.59. The first kappa shape index (κ1) is 7.92. The molecule has 50 valence electrons. The Kier molecular flexibility index (Phi) is 3.83. The maximum atomic E-state index is 8.51. The first-order valence-electron chi connectivity index (χ1n) is 3.08. The van der Waals surface area contributed by atoms with Gasteiger partial charge in [0, 0.05) is 6.04 Å². The molecule has 2 atom stereocenters. The van der Waals surface area contributed by atoms with E-state index in [2.05, 4.69) is 6.92 Å². The summed E-state index contributed by atoms with van der Waals surface area (Å²) in [6, 6.07) is -0.0278. The first-order valence-corrected chi connectivity index (χ1v) is 3.08. The second-order valence-corrected chi connectivity index (χ2v) is 2.23. The monoisotopic (exact) mass is 117 g/mol. The van der Waals surface area contributed by atoms with E-state index in [-0.39, 0.29) is 12.6 Å². The van der Waals surface area contributed by atoms with Crippen LogP contribution in [0.3, 0.4) is 0 Å². The lowest BCUT2D eigenvalue weighted by Crippen LogP contribution is -2.31. The summed E-state index contributed by atoms with van der Waals surface area (Å²) in [6.07, 6.45) is 1.04. The second-order valence-electron chi connectivity index (χ2n) is 2.23. The average Bonchev–Trinajstić information content (AvgIpc) is 1.84. The van der Waals surface area contributed by atoms with E-state index < -0.39 is 0 Å². The molecular weight excluding hydrogens is 102 g/mol. The van der Waals surface area contributed by atoms with Gasteiger partial charge in [-0.25, -0.2) is 0 Å². The first-order chi connectivity index (χ1) is 3.72. The Morgan fingerprint density at radius 1 is 1.62 bits per heavy atom. The Balaban J connectivity index is 3.29. The lowest BCUT2D eigenvalue weighted by molar-refractivity contribution is 0.230. The lowest BCUT2D eigenvalue weighted by Gasteiger charge is -2.14. The molecule has 0 heterocycles. The van der Waals surface area contributed by atoms with Crippen LogP contribution in [-0.2, 0) is 0 Å². The summed E-state index contributed by atoms with van der Waals surface area (Å²) < 4.78 is 0. The van der Waals surface area contributed by atoms with Gasteiger partial charge in [-0.1, -0.05) is 20.3 Å². The highest BCUT2D eigenvalue weighted by atomic mass is 16.3. The minimum Gasteiger partial charge on any atom is -0.395 e. The molecule has 2 heteroatoms. The van der Waals surface area contributed by atoms with E-state index in [1.807, 2.05) is 6.92 Å². The summed E-state index contributed by atoms with van der Waals surface area (Å²) >= 11 is 0. The molecule has 0 saturated carbocycles. The number of hydrogen-bond acceptors (Lipinski definition) is 2. The zero-order valence-corrected chi connectivity index (χ0v) is 5.59. The van der Waals surface area contributed by atoms with E-state index in [1.165, 1.54) is 0 Å². The van der Waals surface area contributed by atoms with E-state index in [9.17, 15) is 0 Å². The van der Waals surface area contributed by atoms with Gasteiger partial charge in [-0.3, -0.25) is 0 Å². The fourth-order valence-electron chi connectivity index (χ4n) is 0.483. The van der Waals surface area contributed by atoms with Crippen molar-refractivity contribution < 1.29 is 5.11 Å². The minimum absolute atomic E-state index is 0.0278. The molecule has 1 unspecified atom stereocenters. The van der Waals surface area contributed by atoms with Crippen molar-refractivity contribution in [2.24, 2.45) is 11.7 Å². The van der Waals surface area contributed by atoms with Crippen molar-refractivity contribution in [1.82, 2.24) is 0 Å². The molecule has 0 aromatic rings. The molecule has 0 amide bonds. The Morgan fingerprint density at radius 2 is 2.12 bits per heavy atom. The number of aliphatic hydroxyl groups is 1. The molecule has 0 aliphatic heterocycles. The topological polar surface area (TPSA) is 46.2 Å². The van der Waals surface area contributed by atoms with Crippen molar-refractivity contribution in [2.45, 2.75) is 26.3 Å². The largest absolute Gasteiger partial charge is 0.395 e. The molecule has 0 spiro atoms. The fraction of sp³-hybridized carbons (Fsp3) is 1.00. The van der Waals surface area contributed by atoms with E-state index in [1.54, 1.807) is 0 Å². The Bertz CT molecular complexity index is 48.5. The molecule has 8 heavy (non-hydrogen) atoms. The number of aliphatic hydroxyl groups excluding tert-OH is 1. The van der Waals surface area contributed by atoms with E-state index in [0.717, 1.165) is 6.42 Å². The smallest absolute Gasteiger partial charge is 0.0585 e. The highest BCUT2D eigenvalue weighted by Gasteiger charge is 2.07. The molecule has 0 bridgehead atoms. The normalized spacial score (nSPS) is 18.0. The molecule has 0 saturated heterocycles. The lowest BCUT2D eigenvalue weighted by atomic mass is 10.0. The predicted molar refractivity (Wildman–Crippen MR) is 34.5 cm³/mol. The van der Waals surface area contributed by atoms with E-state index in [4.69, 9.17) is 10.8 Å². The van der Waals surface area contributed by atoms with Crippen molar-refractivity contribution in [1.29, 1.82) is 0 Å². The molecule has 0 fully saturated rings. The quantitative estimate of drug-likeness (QED) is 0.560. The second kappa shape index (κ2) is 3.87. The molecule has 0 aromatic carbocycles. The highest BCUT2D eigenvalue weighted by molar-refractivity contribution is 4.64. The van der Waals surface area contributed by atoms with Crippen LogP contribution in [0.25, 0.3) is 0 Å². The third-order valence-corrected chi connectivity index (χ3v) is 1.59. The molecule has 0 aromatic heterocycles. The third kappa shape index (κ3) is 2.28. The summed E-state index contributed by atoms with van der Waals surface area (Å²) in [7, 11) is 0. The van der Waals surface area contributed by atoms with Crippen molar-refractivity contribution in [3.8, 4) is 0 Å². The van der Waals surface area contributed by atoms with Crippen molar-refractivity contribution >= 4 is 0 Å². The van der Waals surface area contributed by atoms with Crippen molar-refractivity contribution in [3.05, 3.63) is 0 Å². The number of hydrogen-bond donors (Lipinski definition) is 2. The van der Waals surface area contributed by atoms with Gasteiger partial charge in [0.1, 0.15) is 0 Å². The zero-order chi connectivity index (χ0) is 6.57. The average molecular weight is 117 g/mol. The standard InChI is InChI=1S/C6H15NO/c1-3-5(2)6(7)4-8/h5-6,8H,3-4,7H2,1-2H3/t5?,6-/m0/s1. The fourth-order valence-corrected chi connectivity index (χ4v) is 0.483.